The van der Waals surface area contributed by atoms with Gasteiger partial charge < -0.3 is 4.57 Å². The van der Waals surface area contributed by atoms with Crippen LogP contribution < -0.4 is 0 Å². The van der Waals surface area contributed by atoms with Crippen molar-refractivity contribution in [3.8, 4) is 0 Å². The van der Waals surface area contributed by atoms with Crippen molar-refractivity contribution >= 4 is 0 Å². The lowest BCUT2D eigenvalue weighted by Gasteiger charge is -2.14. The summed E-state index contributed by atoms with van der Waals surface area (Å²) in [6.07, 6.45) is 12.0. The molecule has 1 heterocycles. The van der Waals surface area contributed by atoms with Gasteiger partial charge in [0.2, 0.25) is 0 Å². The monoisotopic (exact) mass is 234 g/mol. The molecule has 2 heteroatoms. The fourth-order valence-electron chi connectivity index (χ4n) is 2.91. The minimum atomic E-state index is 1.19. The van der Waals surface area contributed by atoms with E-state index in [0.29, 0.717) is 0 Å². The van der Waals surface area contributed by atoms with E-state index < -0.39 is 0 Å². The van der Waals surface area contributed by atoms with Crippen LogP contribution in [0.1, 0.15) is 69.1 Å². The van der Waals surface area contributed by atoms with Crippen LogP contribution in [0.2, 0.25) is 0 Å². The first kappa shape index (κ1) is 12.7. The van der Waals surface area contributed by atoms with Crippen LogP contribution in [-0.2, 0) is 19.4 Å². The molecule has 1 aromatic rings. The Morgan fingerprint density at radius 1 is 1.06 bits per heavy atom. The van der Waals surface area contributed by atoms with E-state index in [2.05, 4.69) is 18.4 Å². The van der Waals surface area contributed by atoms with Gasteiger partial charge in [0.15, 0.2) is 0 Å². The van der Waals surface area contributed by atoms with Crippen LogP contribution >= 0.6 is 0 Å². The molecule has 96 valence electrons. The highest BCUT2D eigenvalue weighted by Crippen LogP contribution is 2.22. The van der Waals surface area contributed by atoms with Gasteiger partial charge in [-0.15, -0.1) is 0 Å². The Bertz CT molecular complexity index is 352. The maximum absolute atomic E-state index is 4.73. The molecule has 0 amide bonds. The van der Waals surface area contributed by atoms with E-state index in [-0.39, 0.29) is 0 Å². The van der Waals surface area contributed by atoms with Gasteiger partial charge in [-0.25, -0.2) is 4.98 Å². The van der Waals surface area contributed by atoms with Crippen molar-refractivity contribution in [1.82, 2.24) is 9.55 Å². The first-order valence-electron chi connectivity index (χ1n) is 7.37. The second-order valence-corrected chi connectivity index (χ2v) is 5.33. The standard InChI is InChI=1S/C15H26N2/c1-3-4-5-6-9-12-17-13(2)16-14-10-7-8-11-15(14)17/h3-12H2,1-2H3. The van der Waals surface area contributed by atoms with Crippen LogP contribution in [0, 0.1) is 6.92 Å². The smallest absolute Gasteiger partial charge is 0.106 e. The van der Waals surface area contributed by atoms with Gasteiger partial charge in [0, 0.05) is 12.2 Å². The summed E-state index contributed by atoms with van der Waals surface area (Å²) in [6, 6.07) is 0. The zero-order valence-electron chi connectivity index (χ0n) is 11.5. The molecule has 0 atom stereocenters. The topological polar surface area (TPSA) is 17.8 Å². The Kier molecular flexibility index (Phi) is 4.64. The lowest BCUT2D eigenvalue weighted by molar-refractivity contribution is 0.536. The second kappa shape index (κ2) is 6.23. The number of hydrogen-bond donors (Lipinski definition) is 0. The largest absolute Gasteiger partial charge is 0.332 e. The Morgan fingerprint density at radius 2 is 1.82 bits per heavy atom. The van der Waals surface area contributed by atoms with Crippen molar-refractivity contribution in [2.45, 2.75) is 78.2 Å². The summed E-state index contributed by atoms with van der Waals surface area (Å²) in [5.74, 6) is 1.24. The van der Waals surface area contributed by atoms with Crippen LogP contribution in [-0.4, -0.2) is 9.55 Å². The highest BCUT2D eigenvalue weighted by Gasteiger charge is 2.17. The summed E-state index contributed by atoms with van der Waals surface area (Å²) in [5.41, 5.74) is 2.94. The molecule has 0 fully saturated rings. The lowest BCUT2D eigenvalue weighted by atomic mass is 10.0. The number of aryl methyl sites for hydroxylation is 2. The molecule has 0 saturated carbocycles. The highest BCUT2D eigenvalue weighted by molar-refractivity contribution is 5.19. The first-order chi connectivity index (χ1) is 8.33. The normalized spacial score (nSPS) is 14.9. The maximum atomic E-state index is 4.73. The van der Waals surface area contributed by atoms with Crippen LogP contribution in [0.25, 0.3) is 0 Å². The van der Waals surface area contributed by atoms with E-state index in [9.17, 15) is 0 Å². The molecule has 0 spiro atoms. The summed E-state index contributed by atoms with van der Waals surface area (Å²) in [5, 5.41) is 0. The van der Waals surface area contributed by atoms with E-state index >= 15 is 0 Å². The van der Waals surface area contributed by atoms with Crippen molar-refractivity contribution in [1.29, 1.82) is 0 Å². The van der Waals surface area contributed by atoms with Gasteiger partial charge >= 0.3 is 0 Å². The van der Waals surface area contributed by atoms with Crippen molar-refractivity contribution < 1.29 is 0 Å². The third-order valence-electron chi connectivity index (χ3n) is 3.91. The molecule has 0 bridgehead atoms. The van der Waals surface area contributed by atoms with Crippen LogP contribution in [0.15, 0.2) is 0 Å². The number of nitrogens with zero attached hydrogens (tertiary/aromatic N) is 2. The van der Waals surface area contributed by atoms with Gasteiger partial charge in [-0.05, 0) is 39.0 Å². The molecule has 2 rings (SSSR count). The maximum Gasteiger partial charge on any atom is 0.106 e. The molecule has 0 aliphatic heterocycles. The van der Waals surface area contributed by atoms with Crippen molar-refractivity contribution in [2.24, 2.45) is 0 Å². The molecule has 0 saturated heterocycles. The molecule has 0 aromatic carbocycles. The van der Waals surface area contributed by atoms with Gasteiger partial charge in [-0.3, -0.25) is 0 Å². The summed E-state index contributed by atoms with van der Waals surface area (Å²) in [7, 11) is 0. The molecular weight excluding hydrogens is 208 g/mol. The Hall–Kier alpha value is -0.790. The predicted octanol–water partition coefficient (Wildman–Crippen LogP) is 4.04. The van der Waals surface area contributed by atoms with Gasteiger partial charge in [0.1, 0.15) is 5.82 Å². The number of hydrogen-bond acceptors (Lipinski definition) is 1. The number of fused-ring (bicyclic) bond motifs is 1. The zero-order valence-corrected chi connectivity index (χ0v) is 11.5. The van der Waals surface area contributed by atoms with Crippen LogP contribution in [0.3, 0.4) is 0 Å². The third-order valence-corrected chi connectivity index (χ3v) is 3.91. The van der Waals surface area contributed by atoms with E-state index in [1.54, 1.807) is 5.69 Å². The fraction of sp³-hybridized carbons (Fsp3) is 0.800. The molecule has 0 radical (unpaired) electrons. The van der Waals surface area contributed by atoms with E-state index in [1.807, 2.05) is 0 Å². The van der Waals surface area contributed by atoms with Crippen molar-refractivity contribution in [3.05, 3.63) is 17.2 Å². The quantitative estimate of drug-likeness (QED) is 0.679. The van der Waals surface area contributed by atoms with Crippen LogP contribution in [0.5, 0.6) is 0 Å². The summed E-state index contributed by atoms with van der Waals surface area (Å²) >= 11 is 0. The molecule has 2 nitrogen and oxygen atoms in total. The first-order valence-corrected chi connectivity index (χ1v) is 7.37. The Morgan fingerprint density at radius 3 is 2.65 bits per heavy atom. The Labute approximate surface area is 105 Å². The van der Waals surface area contributed by atoms with Crippen molar-refractivity contribution in [2.75, 3.05) is 0 Å². The third kappa shape index (κ3) is 3.11. The zero-order chi connectivity index (χ0) is 12.1. The average molecular weight is 234 g/mol. The summed E-state index contributed by atoms with van der Waals surface area (Å²) < 4.78 is 2.49. The van der Waals surface area contributed by atoms with Gasteiger partial charge in [-0.1, -0.05) is 32.6 Å². The molecule has 0 N–H and O–H groups in total. The van der Waals surface area contributed by atoms with Crippen LogP contribution in [0.4, 0.5) is 0 Å². The average Bonchev–Trinajstić information content (AvgIpc) is 2.65. The predicted molar refractivity (Wildman–Crippen MR) is 72.4 cm³/mol. The van der Waals surface area contributed by atoms with Gasteiger partial charge in [-0.2, -0.15) is 0 Å². The lowest BCUT2D eigenvalue weighted by Crippen LogP contribution is -2.09. The molecule has 1 aliphatic carbocycles. The summed E-state index contributed by atoms with van der Waals surface area (Å²) in [4.78, 5) is 4.73. The van der Waals surface area contributed by atoms with Gasteiger partial charge in [0.05, 0.1) is 5.69 Å². The number of aromatic nitrogens is 2. The van der Waals surface area contributed by atoms with E-state index in [4.69, 9.17) is 4.98 Å². The number of unbranched alkanes of at least 4 members (excludes halogenated alkanes) is 4. The minimum Gasteiger partial charge on any atom is -0.332 e. The van der Waals surface area contributed by atoms with E-state index in [0.717, 1.165) is 0 Å². The van der Waals surface area contributed by atoms with Gasteiger partial charge in [0.25, 0.3) is 0 Å². The SMILES string of the molecule is CCCCCCCn1c(C)nc2c1CCCC2. The van der Waals surface area contributed by atoms with E-state index in [1.165, 1.54) is 75.9 Å². The molecule has 1 aromatic heterocycles. The molecule has 1 aliphatic rings. The summed E-state index contributed by atoms with van der Waals surface area (Å²) in [6.45, 7) is 5.64. The molecule has 0 unspecified atom stereocenters. The second-order valence-electron chi connectivity index (χ2n) is 5.33. The number of rotatable bonds is 6. The molecular formula is C15H26N2. The fourth-order valence-corrected chi connectivity index (χ4v) is 2.91. The number of imidazole rings is 1. The van der Waals surface area contributed by atoms with Crippen molar-refractivity contribution in [3.63, 3.8) is 0 Å². The Balaban J connectivity index is 1.89. The minimum absolute atomic E-state index is 1.19. The highest BCUT2D eigenvalue weighted by atomic mass is 15.1. The molecule has 17 heavy (non-hydrogen) atoms.